The molecule has 0 aromatic rings. The van der Waals surface area contributed by atoms with Crippen molar-refractivity contribution in [3.05, 3.63) is 0 Å². The van der Waals surface area contributed by atoms with Crippen LogP contribution in [0, 0.1) is 0 Å². The standard InChI is InChI=1S/C11H24N2O3S/c1-9-7-11(8-10(2)16-9)12-5-6-17(14,15)13(3)4/h9-12H,5-8H2,1-4H3. The van der Waals surface area contributed by atoms with Crippen LogP contribution in [-0.4, -0.2) is 57.4 Å². The summed E-state index contributed by atoms with van der Waals surface area (Å²) in [5.41, 5.74) is 0. The molecule has 6 heteroatoms. The van der Waals surface area contributed by atoms with Crippen LogP contribution in [0.4, 0.5) is 0 Å². The van der Waals surface area contributed by atoms with Crippen LogP contribution < -0.4 is 5.32 Å². The fraction of sp³-hybridized carbons (Fsp3) is 1.00. The van der Waals surface area contributed by atoms with Gasteiger partial charge in [0.15, 0.2) is 0 Å². The van der Waals surface area contributed by atoms with Gasteiger partial charge in [-0.25, -0.2) is 12.7 Å². The van der Waals surface area contributed by atoms with Crippen molar-refractivity contribution in [3.8, 4) is 0 Å². The molecule has 1 heterocycles. The topological polar surface area (TPSA) is 58.6 Å². The van der Waals surface area contributed by atoms with Gasteiger partial charge in [0.25, 0.3) is 0 Å². The Morgan fingerprint density at radius 2 is 1.76 bits per heavy atom. The van der Waals surface area contributed by atoms with E-state index >= 15 is 0 Å². The number of nitrogens with one attached hydrogen (secondary N) is 1. The second-order valence-electron chi connectivity index (χ2n) is 4.98. The number of hydrogen-bond acceptors (Lipinski definition) is 4. The van der Waals surface area contributed by atoms with E-state index in [1.807, 2.05) is 0 Å². The van der Waals surface area contributed by atoms with Crippen LogP contribution >= 0.6 is 0 Å². The normalized spacial score (nSPS) is 30.8. The minimum atomic E-state index is -3.09. The van der Waals surface area contributed by atoms with Gasteiger partial charge in [-0.2, -0.15) is 0 Å². The molecule has 0 aromatic heterocycles. The van der Waals surface area contributed by atoms with Crippen molar-refractivity contribution in [2.45, 2.75) is 44.9 Å². The molecular formula is C11H24N2O3S. The van der Waals surface area contributed by atoms with E-state index in [1.54, 1.807) is 14.1 Å². The predicted octanol–water partition coefficient (Wildman–Crippen LogP) is 0.423. The van der Waals surface area contributed by atoms with Crippen LogP contribution in [0.1, 0.15) is 26.7 Å². The first-order chi connectivity index (χ1) is 7.81. The number of nitrogens with zero attached hydrogens (tertiary/aromatic N) is 1. The molecule has 1 aliphatic rings. The molecule has 0 aliphatic carbocycles. The van der Waals surface area contributed by atoms with Crippen molar-refractivity contribution in [1.82, 2.24) is 9.62 Å². The van der Waals surface area contributed by atoms with Gasteiger partial charge in [-0.1, -0.05) is 0 Å². The number of rotatable bonds is 5. The highest BCUT2D eigenvalue weighted by Crippen LogP contribution is 2.18. The summed E-state index contributed by atoms with van der Waals surface area (Å²) in [7, 11) is 0.0404. The smallest absolute Gasteiger partial charge is 0.214 e. The molecule has 1 saturated heterocycles. The van der Waals surface area contributed by atoms with Crippen LogP contribution in [0.2, 0.25) is 0 Å². The quantitative estimate of drug-likeness (QED) is 0.782. The zero-order valence-electron chi connectivity index (χ0n) is 11.1. The van der Waals surface area contributed by atoms with Gasteiger partial charge in [-0.15, -0.1) is 0 Å². The SMILES string of the molecule is CC1CC(NCCS(=O)(=O)N(C)C)CC(C)O1. The van der Waals surface area contributed by atoms with Crippen molar-refractivity contribution < 1.29 is 13.2 Å². The molecule has 102 valence electrons. The molecule has 0 spiro atoms. The Bertz CT molecular complexity index is 320. The Hall–Kier alpha value is -0.170. The van der Waals surface area contributed by atoms with Crippen LogP contribution in [0.3, 0.4) is 0 Å². The minimum Gasteiger partial charge on any atom is -0.375 e. The van der Waals surface area contributed by atoms with Gasteiger partial charge in [0.1, 0.15) is 0 Å². The monoisotopic (exact) mass is 264 g/mol. The van der Waals surface area contributed by atoms with Crippen LogP contribution in [0.25, 0.3) is 0 Å². The third-order valence-corrected chi connectivity index (χ3v) is 4.88. The van der Waals surface area contributed by atoms with Gasteiger partial charge in [0.2, 0.25) is 10.0 Å². The second kappa shape index (κ2) is 6.13. The Morgan fingerprint density at radius 1 is 1.24 bits per heavy atom. The summed E-state index contributed by atoms with van der Waals surface area (Å²) in [6.45, 7) is 4.62. The zero-order valence-corrected chi connectivity index (χ0v) is 12.0. The summed E-state index contributed by atoms with van der Waals surface area (Å²) < 4.78 is 30.0. The molecule has 17 heavy (non-hydrogen) atoms. The average molecular weight is 264 g/mol. The van der Waals surface area contributed by atoms with E-state index < -0.39 is 10.0 Å². The van der Waals surface area contributed by atoms with E-state index in [9.17, 15) is 8.42 Å². The molecule has 0 aromatic carbocycles. The summed E-state index contributed by atoms with van der Waals surface area (Å²) in [5, 5.41) is 3.31. The molecular weight excluding hydrogens is 240 g/mol. The molecule has 1 fully saturated rings. The third-order valence-electron chi connectivity index (χ3n) is 3.05. The highest BCUT2D eigenvalue weighted by Gasteiger charge is 2.24. The number of ether oxygens (including phenoxy) is 1. The van der Waals surface area contributed by atoms with E-state index in [1.165, 1.54) is 4.31 Å². The highest BCUT2D eigenvalue weighted by molar-refractivity contribution is 7.89. The van der Waals surface area contributed by atoms with Crippen molar-refractivity contribution in [3.63, 3.8) is 0 Å². The van der Waals surface area contributed by atoms with Crippen molar-refractivity contribution in [1.29, 1.82) is 0 Å². The Morgan fingerprint density at radius 3 is 2.24 bits per heavy atom. The molecule has 1 aliphatic heterocycles. The van der Waals surface area contributed by atoms with Gasteiger partial charge in [0.05, 0.1) is 18.0 Å². The fourth-order valence-electron chi connectivity index (χ4n) is 2.15. The number of sulfonamides is 1. The van der Waals surface area contributed by atoms with Crippen molar-refractivity contribution in [2.24, 2.45) is 0 Å². The maximum Gasteiger partial charge on any atom is 0.214 e. The van der Waals surface area contributed by atoms with Gasteiger partial charge >= 0.3 is 0 Å². The average Bonchev–Trinajstić information content (AvgIpc) is 2.15. The molecule has 0 bridgehead atoms. The molecule has 2 atom stereocenters. The van der Waals surface area contributed by atoms with Crippen LogP contribution in [0.15, 0.2) is 0 Å². The first-order valence-corrected chi connectivity index (χ1v) is 7.71. The lowest BCUT2D eigenvalue weighted by Gasteiger charge is -2.32. The maximum atomic E-state index is 11.6. The predicted molar refractivity (Wildman–Crippen MR) is 68.5 cm³/mol. The summed E-state index contributed by atoms with van der Waals surface area (Å²) in [4.78, 5) is 0. The molecule has 0 amide bonds. The van der Waals surface area contributed by atoms with Gasteiger partial charge in [0, 0.05) is 26.7 Å². The number of hydrogen-bond donors (Lipinski definition) is 1. The van der Waals surface area contributed by atoms with E-state index in [-0.39, 0.29) is 18.0 Å². The Labute approximate surface area is 105 Å². The summed E-state index contributed by atoms with van der Waals surface area (Å²) in [6, 6.07) is 0.367. The Kier molecular flexibility index (Phi) is 5.37. The lowest BCUT2D eigenvalue weighted by Crippen LogP contribution is -2.43. The largest absolute Gasteiger partial charge is 0.375 e. The molecule has 2 unspecified atom stereocenters. The first-order valence-electron chi connectivity index (χ1n) is 6.10. The molecule has 5 nitrogen and oxygen atoms in total. The second-order valence-corrected chi connectivity index (χ2v) is 7.28. The molecule has 1 N–H and O–H groups in total. The molecule has 0 saturated carbocycles. The zero-order chi connectivity index (χ0) is 13.1. The molecule has 1 rings (SSSR count). The minimum absolute atomic E-state index is 0.153. The molecule has 0 radical (unpaired) electrons. The summed E-state index contributed by atoms with van der Waals surface area (Å²) in [6.07, 6.45) is 2.40. The van der Waals surface area contributed by atoms with E-state index in [2.05, 4.69) is 19.2 Å². The van der Waals surface area contributed by atoms with Crippen LogP contribution in [0.5, 0.6) is 0 Å². The van der Waals surface area contributed by atoms with E-state index in [0.717, 1.165) is 12.8 Å². The van der Waals surface area contributed by atoms with Gasteiger partial charge in [-0.3, -0.25) is 0 Å². The highest BCUT2D eigenvalue weighted by atomic mass is 32.2. The first kappa shape index (κ1) is 14.9. The van der Waals surface area contributed by atoms with Gasteiger partial charge < -0.3 is 10.1 Å². The maximum absolute atomic E-state index is 11.6. The Balaban J connectivity index is 2.32. The van der Waals surface area contributed by atoms with Crippen LogP contribution in [-0.2, 0) is 14.8 Å². The fourth-order valence-corrected chi connectivity index (χ4v) is 2.89. The van der Waals surface area contributed by atoms with Crippen molar-refractivity contribution >= 4 is 10.0 Å². The summed E-state index contributed by atoms with van der Waals surface area (Å²) in [5.74, 6) is 0.153. The van der Waals surface area contributed by atoms with E-state index in [4.69, 9.17) is 4.74 Å². The third kappa shape index (κ3) is 4.91. The summed E-state index contributed by atoms with van der Waals surface area (Å²) >= 11 is 0. The van der Waals surface area contributed by atoms with E-state index in [0.29, 0.717) is 12.6 Å². The van der Waals surface area contributed by atoms with Gasteiger partial charge in [-0.05, 0) is 26.7 Å². The lowest BCUT2D eigenvalue weighted by molar-refractivity contribution is -0.0417. The lowest BCUT2D eigenvalue weighted by atomic mass is 10.00. The van der Waals surface area contributed by atoms with Crippen molar-refractivity contribution in [2.75, 3.05) is 26.4 Å².